The van der Waals surface area contributed by atoms with Gasteiger partial charge in [0, 0.05) is 25.2 Å². The molecule has 3 rings (SSSR count). The lowest BCUT2D eigenvalue weighted by Crippen LogP contribution is -2.44. The number of amides is 2. The number of carbonyl (C=O) groups excluding carboxylic acids is 2. The molecule has 6 N–H and O–H groups in total. The Morgan fingerprint density at radius 2 is 1.19 bits per heavy atom. The van der Waals surface area contributed by atoms with Crippen LogP contribution in [0.15, 0.2) is 10.7 Å². The summed E-state index contributed by atoms with van der Waals surface area (Å²) < 4.78 is 127. The number of nitrogens with two attached hydrogens (primary N) is 1. The van der Waals surface area contributed by atoms with Crippen LogP contribution in [-0.2, 0) is 31.0 Å². The first kappa shape index (κ1) is 47.9. The number of nitrogens with one attached hydrogen (secondary N) is 4. The number of primary amides is 1. The zero-order valence-corrected chi connectivity index (χ0v) is 33.2. The van der Waals surface area contributed by atoms with Crippen molar-refractivity contribution in [2.75, 3.05) is 23.7 Å². The topological polar surface area (TPSA) is 203 Å². The van der Waals surface area contributed by atoms with E-state index in [2.05, 4.69) is 41.0 Å². The molecule has 22 heteroatoms. The minimum Gasteiger partial charge on any atom is -0.432 e. The number of hydrogen-bond donors (Lipinski definition) is 5. The second-order valence-corrected chi connectivity index (χ2v) is 20.2. The number of Topliss-reactive ketones (excluding diaryl/α,β-unsaturated/α-hetero) is 1. The molecule has 52 heavy (non-hydrogen) atoms. The van der Waals surface area contributed by atoms with Crippen LogP contribution in [-0.4, -0.2) is 79.8 Å². The van der Waals surface area contributed by atoms with Crippen LogP contribution >= 0.6 is 15.9 Å². The number of nitrogens with zero attached hydrogens (tertiary/aromatic N) is 1. The fourth-order valence-corrected chi connectivity index (χ4v) is 6.93. The molecule has 0 saturated heterocycles. The molecule has 0 spiro atoms. The third kappa shape index (κ3) is 16.9. The van der Waals surface area contributed by atoms with Crippen molar-refractivity contribution in [3.05, 3.63) is 12.0 Å². The second-order valence-electron chi connectivity index (χ2n) is 14.6. The Kier molecular flexibility index (Phi) is 17.9. The van der Waals surface area contributed by atoms with Gasteiger partial charge in [0.15, 0.2) is 5.69 Å². The fraction of sp³-hybridized carbons (Fsp3) is 0.833. The SMILES string of the molecule is CC(C)(C)S(=O)(=O)NCC1CCC(NC(N)=O)CC1.CC(C)(C)S(=O)(=O)NCC1CCC(Nc2nc(C(F)(F)F)co2)CC1.O=C(CBr)C(F)(F)F. The molecule has 0 aromatic carbocycles. The number of halogens is 7. The standard InChI is InChI=1S/C15H24F3N3O3S.C12H25N3O3S.C3H2BrF3O/c1-14(2,3)25(22,23)19-8-10-4-6-11(7-5-10)20-13-21-12(9-24-13)15(16,17)18;1-12(2,3)19(17,18)14-8-9-4-6-10(7-5-9)15-11(13)16;4-1-2(8)3(5,6)7/h9-11,19H,4-8H2,1-3H3,(H,20,21);9-10,14H,4-8H2,1-3H3,(H3,13,15,16);1H2. The summed E-state index contributed by atoms with van der Waals surface area (Å²) in [4.78, 5) is 23.8. The van der Waals surface area contributed by atoms with Crippen LogP contribution in [0, 0.1) is 11.8 Å². The van der Waals surface area contributed by atoms with Gasteiger partial charge in [0.1, 0.15) is 6.26 Å². The lowest BCUT2D eigenvalue weighted by molar-refractivity contribution is -0.167. The molecule has 2 amide bonds. The van der Waals surface area contributed by atoms with Gasteiger partial charge in [0.25, 0.3) is 6.01 Å². The number of anilines is 1. The van der Waals surface area contributed by atoms with E-state index in [-0.39, 0.29) is 24.0 Å². The van der Waals surface area contributed by atoms with E-state index < -0.39 is 64.7 Å². The molecule has 1 aromatic rings. The molecule has 0 atom stereocenters. The molecular weight excluding hydrogens is 814 g/mol. The van der Waals surface area contributed by atoms with Gasteiger partial charge in [0.05, 0.1) is 14.8 Å². The second kappa shape index (κ2) is 19.4. The number of oxazole rings is 1. The van der Waals surface area contributed by atoms with Crippen molar-refractivity contribution >= 4 is 53.8 Å². The molecule has 304 valence electrons. The molecule has 2 aliphatic carbocycles. The Labute approximate surface area is 310 Å². The van der Waals surface area contributed by atoms with E-state index in [1.165, 1.54) is 0 Å². The number of carbonyl (C=O) groups is 2. The highest BCUT2D eigenvalue weighted by Crippen LogP contribution is 2.31. The lowest BCUT2D eigenvalue weighted by Gasteiger charge is -2.29. The Hall–Kier alpha value is -2.17. The van der Waals surface area contributed by atoms with Crippen LogP contribution < -0.4 is 25.8 Å². The first-order valence-corrected chi connectivity index (χ1v) is 20.6. The van der Waals surface area contributed by atoms with E-state index in [0.29, 0.717) is 38.1 Å². The maximum Gasteiger partial charge on any atom is 0.450 e. The summed E-state index contributed by atoms with van der Waals surface area (Å²) >= 11 is 2.38. The number of aromatic nitrogens is 1. The summed E-state index contributed by atoms with van der Waals surface area (Å²) in [5.74, 6) is -1.20. The van der Waals surface area contributed by atoms with Gasteiger partial charge in [-0.05, 0) is 105 Å². The molecule has 0 unspecified atom stereocenters. The highest BCUT2D eigenvalue weighted by atomic mass is 79.9. The molecule has 2 saturated carbocycles. The lowest BCUT2D eigenvalue weighted by atomic mass is 9.86. The Morgan fingerprint density at radius 1 is 0.788 bits per heavy atom. The van der Waals surface area contributed by atoms with Crippen LogP contribution in [0.4, 0.5) is 37.2 Å². The minimum absolute atomic E-state index is 0.0322. The zero-order valence-electron chi connectivity index (χ0n) is 30.0. The highest BCUT2D eigenvalue weighted by Gasteiger charge is 2.37. The summed E-state index contributed by atoms with van der Waals surface area (Å²) in [6, 6.07) is -0.524. The summed E-state index contributed by atoms with van der Waals surface area (Å²) in [6.07, 6.45) is -2.12. The number of alkyl halides is 7. The van der Waals surface area contributed by atoms with Crippen molar-refractivity contribution < 1.29 is 57.2 Å². The van der Waals surface area contributed by atoms with Crippen molar-refractivity contribution in [1.29, 1.82) is 0 Å². The Balaban J connectivity index is 0.000000441. The first-order chi connectivity index (χ1) is 23.5. The van der Waals surface area contributed by atoms with Crippen molar-refractivity contribution in [3.8, 4) is 0 Å². The predicted octanol–water partition coefficient (Wildman–Crippen LogP) is 5.83. The molecule has 13 nitrogen and oxygen atoms in total. The number of rotatable bonds is 10. The number of hydrogen-bond acceptors (Lipinski definition) is 9. The van der Waals surface area contributed by atoms with Crippen molar-refractivity contribution in [3.63, 3.8) is 0 Å². The quantitative estimate of drug-likeness (QED) is 0.142. The molecule has 1 aromatic heterocycles. The van der Waals surface area contributed by atoms with Crippen LogP contribution in [0.2, 0.25) is 0 Å². The van der Waals surface area contributed by atoms with E-state index in [4.69, 9.17) is 10.2 Å². The van der Waals surface area contributed by atoms with Gasteiger partial charge in [-0.15, -0.1) is 0 Å². The largest absolute Gasteiger partial charge is 0.450 e. The number of sulfonamides is 2. The molecular formula is C30H51BrF6N6O7S2. The fourth-order valence-electron chi connectivity index (χ4n) is 4.83. The third-order valence-corrected chi connectivity index (χ3v) is 13.2. The molecule has 2 aliphatic rings. The third-order valence-electron chi connectivity index (χ3n) is 8.34. The van der Waals surface area contributed by atoms with Gasteiger partial charge in [-0.25, -0.2) is 31.1 Å². The van der Waals surface area contributed by atoms with Crippen LogP contribution in [0.3, 0.4) is 0 Å². The maximum absolute atomic E-state index is 12.5. The number of urea groups is 1. The van der Waals surface area contributed by atoms with Crippen molar-refractivity contribution in [1.82, 2.24) is 19.7 Å². The summed E-state index contributed by atoms with van der Waals surface area (Å²) in [6.45, 7) is 10.8. The van der Waals surface area contributed by atoms with Crippen LogP contribution in [0.25, 0.3) is 0 Å². The highest BCUT2D eigenvalue weighted by molar-refractivity contribution is 9.09. The smallest absolute Gasteiger partial charge is 0.432 e. The van der Waals surface area contributed by atoms with Gasteiger partial charge in [0.2, 0.25) is 25.8 Å². The van der Waals surface area contributed by atoms with E-state index in [0.717, 1.165) is 38.5 Å². The normalized spacial score (nSPS) is 21.9. The van der Waals surface area contributed by atoms with Gasteiger partial charge in [-0.3, -0.25) is 4.79 Å². The molecule has 0 aliphatic heterocycles. The average molecular weight is 866 g/mol. The van der Waals surface area contributed by atoms with Crippen molar-refractivity contribution in [2.24, 2.45) is 17.6 Å². The molecule has 0 bridgehead atoms. The minimum atomic E-state index is -4.68. The first-order valence-electron chi connectivity index (χ1n) is 16.5. The molecule has 2 fully saturated rings. The maximum atomic E-state index is 12.5. The van der Waals surface area contributed by atoms with Gasteiger partial charge >= 0.3 is 18.4 Å². The van der Waals surface area contributed by atoms with E-state index in [9.17, 15) is 52.8 Å². The number of ketones is 1. The summed E-state index contributed by atoms with van der Waals surface area (Å²) in [5, 5.41) is 4.92. The summed E-state index contributed by atoms with van der Waals surface area (Å²) in [7, 11) is -6.64. The van der Waals surface area contributed by atoms with E-state index >= 15 is 0 Å². The van der Waals surface area contributed by atoms with Crippen molar-refractivity contribution in [2.45, 2.75) is 127 Å². The summed E-state index contributed by atoms with van der Waals surface area (Å²) in [5.41, 5.74) is 4.02. The van der Waals surface area contributed by atoms with E-state index in [1.807, 2.05) is 0 Å². The monoisotopic (exact) mass is 864 g/mol. The zero-order chi connectivity index (χ0) is 40.3. The predicted molar refractivity (Wildman–Crippen MR) is 188 cm³/mol. The molecule has 0 radical (unpaired) electrons. The van der Waals surface area contributed by atoms with Crippen LogP contribution in [0.1, 0.15) is 98.6 Å². The van der Waals surface area contributed by atoms with E-state index in [1.54, 1.807) is 41.5 Å². The molecule has 1 heterocycles. The Bertz CT molecular complexity index is 1500. The average Bonchev–Trinajstić information content (AvgIpc) is 3.48. The van der Waals surface area contributed by atoms with Crippen LogP contribution in [0.5, 0.6) is 0 Å². The van der Waals surface area contributed by atoms with Gasteiger partial charge in [-0.2, -0.15) is 31.3 Å². The van der Waals surface area contributed by atoms with Gasteiger partial charge < -0.3 is 20.8 Å². The van der Waals surface area contributed by atoms with Gasteiger partial charge in [-0.1, -0.05) is 15.9 Å². The Morgan fingerprint density at radius 3 is 1.48 bits per heavy atom.